The van der Waals surface area contributed by atoms with Crippen molar-refractivity contribution in [2.24, 2.45) is 0 Å². The molecule has 10 heteroatoms. The van der Waals surface area contributed by atoms with Gasteiger partial charge in [0.1, 0.15) is 43.7 Å². The van der Waals surface area contributed by atoms with Gasteiger partial charge in [0, 0.05) is 6.42 Å². The van der Waals surface area contributed by atoms with E-state index in [4.69, 9.17) is 33.2 Å². The number of hydrogen-bond donors (Lipinski definition) is 0. The lowest BCUT2D eigenvalue weighted by atomic mass is 9.87. The summed E-state index contributed by atoms with van der Waals surface area (Å²) >= 11 is 0. The van der Waals surface area contributed by atoms with Crippen LogP contribution in [0.4, 0.5) is 4.79 Å². The zero-order valence-corrected chi connectivity index (χ0v) is 29.1. The Balaban J connectivity index is 0.966. The highest BCUT2D eigenvalue weighted by atomic mass is 16.6. The van der Waals surface area contributed by atoms with Crippen LogP contribution in [0.3, 0.4) is 0 Å². The van der Waals surface area contributed by atoms with Gasteiger partial charge >= 0.3 is 6.09 Å². The molecule has 3 fully saturated rings. The highest BCUT2D eigenvalue weighted by Crippen LogP contribution is 2.40. The number of rotatable bonds is 10. The maximum Gasteiger partial charge on any atom is 0.417 e. The predicted molar refractivity (Wildman–Crippen MR) is 192 cm³/mol. The monoisotopic (exact) mass is 707 g/mol. The Hall–Kier alpha value is -4.16. The van der Waals surface area contributed by atoms with Crippen molar-refractivity contribution in [2.45, 2.75) is 93.3 Å². The molecule has 0 saturated carbocycles. The van der Waals surface area contributed by atoms with Crippen molar-refractivity contribution in [1.82, 2.24) is 4.90 Å². The molecule has 0 bridgehead atoms. The van der Waals surface area contributed by atoms with E-state index in [1.165, 1.54) is 15.7 Å². The molecule has 0 aliphatic carbocycles. The maximum atomic E-state index is 13.4. The summed E-state index contributed by atoms with van der Waals surface area (Å²) in [5.41, 5.74) is 2.09. The zero-order valence-electron chi connectivity index (χ0n) is 29.1. The van der Waals surface area contributed by atoms with Gasteiger partial charge in [-0.25, -0.2) is 9.69 Å². The first-order valence-electron chi connectivity index (χ1n) is 18.3. The van der Waals surface area contributed by atoms with Crippen LogP contribution in [0.2, 0.25) is 0 Å². The van der Waals surface area contributed by atoms with Crippen molar-refractivity contribution in [2.75, 3.05) is 19.8 Å². The average molecular weight is 708 g/mol. The number of amides is 2. The van der Waals surface area contributed by atoms with E-state index >= 15 is 0 Å². The second-order valence-electron chi connectivity index (χ2n) is 14.1. The Morgan fingerprint density at radius 2 is 1.71 bits per heavy atom. The number of fused-ring (bicyclic) bond motifs is 4. The molecule has 5 aliphatic heterocycles. The molecule has 3 saturated heterocycles. The Labute approximate surface area is 303 Å². The molecule has 0 N–H and O–H groups in total. The first-order valence-corrected chi connectivity index (χ1v) is 18.3. The first kappa shape index (κ1) is 34.9. The van der Waals surface area contributed by atoms with E-state index < -0.39 is 42.5 Å². The second kappa shape index (κ2) is 15.8. The fourth-order valence-electron chi connectivity index (χ4n) is 8.05. The summed E-state index contributed by atoms with van der Waals surface area (Å²) in [6.07, 6.45) is 8.17. The van der Waals surface area contributed by atoms with Crippen LogP contribution in [0.15, 0.2) is 110 Å². The topological polar surface area (TPSA) is 102 Å². The number of carbonyl (C=O) groups excluding carboxylic acids is 2. The molecule has 10 nitrogen and oxygen atoms in total. The number of benzene rings is 3. The quantitative estimate of drug-likeness (QED) is 0.240. The molecular weight excluding hydrogens is 662 g/mol. The molecule has 0 aromatic heterocycles. The summed E-state index contributed by atoms with van der Waals surface area (Å²) in [6.45, 7) is 4.67. The van der Waals surface area contributed by atoms with E-state index in [-0.39, 0.29) is 43.7 Å². The zero-order chi connectivity index (χ0) is 35.4. The molecule has 0 unspecified atom stereocenters. The van der Waals surface area contributed by atoms with Gasteiger partial charge in [0.25, 0.3) is 5.91 Å². The van der Waals surface area contributed by atoms with E-state index in [0.29, 0.717) is 32.5 Å². The van der Waals surface area contributed by atoms with Crippen LogP contribution in [-0.2, 0) is 51.0 Å². The highest BCUT2D eigenvalue weighted by molar-refractivity contribution is 5.94. The Bertz CT molecular complexity index is 1790. The van der Waals surface area contributed by atoms with Gasteiger partial charge in [-0.3, -0.25) is 4.79 Å². The van der Waals surface area contributed by atoms with Crippen LogP contribution >= 0.6 is 0 Å². The Morgan fingerprint density at radius 1 is 0.865 bits per heavy atom. The van der Waals surface area contributed by atoms with Crippen LogP contribution in [0.25, 0.3) is 10.8 Å². The summed E-state index contributed by atoms with van der Waals surface area (Å²) in [7, 11) is 0. The number of ether oxygens (including phenoxy) is 7. The lowest BCUT2D eigenvalue weighted by molar-refractivity contribution is -0.295. The minimum absolute atomic E-state index is 0.145. The normalized spacial score (nSPS) is 32.6. The summed E-state index contributed by atoms with van der Waals surface area (Å²) in [5.74, 6) is -0.453. The lowest BCUT2D eigenvalue weighted by Crippen LogP contribution is -2.64. The third-order valence-corrected chi connectivity index (χ3v) is 10.6. The molecule has 2 amide bonds. The van der Waals surface area contributed by atoms with E-state index in [2.05, 4.69) is 43.0 Å². The van der Waals surface area contributed by atoms with Crippen LogP contribution in [-0.4, -0.2) is 97.7 Å². The smallest absolute Gasteiger partial charge is 0.417 e. The van der Waals surface area contributed by atoms with Crippen LogP contribution in [0.1, 0.15) is 30.4 Å². The number of carbonyl (C=O) groups is 2. The summed E-state index contributed by atoms with van der Waals surface area (Å²) < 4.78 is 44.8. The van der Waals surface area contributed by atoms with Crippen molar-refractivity contribution < 1.29 is 42.7 Å². The number of imide groups is 1. The molecular formula is C42H45NO9. The average Bonchev–Trinajstić information content (AvgIpc) is 3.28. The van der Waals surface area contributed by atoms with Crippen LogP contribution in [0, 0.1) is 0 Å². The third kappa shape index (κ3) is 7.50. The van der Waals surface area contributed by atoms with Gasteiger partial charge in [0.15, 0.2) is 0 Å². The minimum Gasteiger partial charge on any atom is -0.447 e. The predicted octanol–water partition coefficient (Wildman–Crippen LogP) is 5.87. The van der Waals surface area contributed by atoms with Gasteiger partial charge in [0.2, 0.25) is 0 Å². The summed E-state index contributed by atoms with van der Waals surface area (Å²) in [5, 5.41) is 2.35. The molecule has 272 valence electrons. The van der Waals surface area contributed by atoms with E-state index in [0.717, 1.165) is 17.5 Å². The lowest BCUT2D eigenvalue weighted by Gasteiger charge is -2.50. The molecule has 10 atom stereocenters. The highest BCUT2D eigenvalue weighted by Gasteiger charge is 2.53. The summed E-state index contributed by atoms with van der Waals surface area (Å²) in [4.78, 5) is 27.2. The van der Waals surface area contributed by atoms with E-state index in [1.807, 2.05) is 60.7 Å². The second-order valence-corrected chi connectivity index (χ2v) is 14.1. The van der Waals surface area contributed by atoms with Crippen LogP contribution in [0.5, 0.6) is 0 Å². The van der Waals surface area contributed by atoms with Gasteiger partial charge in [-0.15, -0.1) is 6.58 Å². The number of cyclic esters (lactones) is 1. The molecule has 3 aromatic rings. The van der Waals surface area contributed by atoms with Crippen molar-refractivity contribution in [3.8, 4) is 0 Å². The van der Waals surface area contributed by atoms with Crippen molar-refractivity contribution in [3.63, 3.8) is 0 Å². The Morgan fingerprint density at radius 3 is 2.58 bits per heavy atom. The first-order chi connectivity index (χ1) is 25.5. The Kier molecular flexibility index (Phi) is 10.6. The molecule has 52 heavy (non-hydrogen) atoms. The fourth-order valence-corrected chi connectivity index (χ4v) is 8.05. The number of nitrogens with zero attached hydrogens (tertiary/aromatic N) is 1. The van der Waals surface area contributed by atoms with Crippen molar-refractivity contribution in [3.05, 3.63) is 121 Å². The van der Waals surface area contributed by atoms with E-state index in [9.17, 15) is 9.59 Å². The molecule has 5 heterocycles. The SMILES string of the molecule is C=CC[C@H]1O[C@H]2C[C@H]3O[C@H]4CC=CCO[C@@H]4[C@@H](OCc4ccc5ccccc5c4)[C@@H]3O[C@@H]2C=C[C@@H]1OCC(=O)N1C(=O)OC[C@@H]1Cc1ccccc1. The molecule has 8 rings (SSSR count). The van der Waals surface area contributed by atoms with Gasteiger partial charge in [-0.05, 0) is 47.2 Å². The van der Waals surface area contributed by atoms with Gasteiger partial charge in [-0.1, -0.05) is 97.1 Å². The van der Waals surface area contributed by atoms with Gasteiger partial charge in [0.05, 0.1) is 43.7 Å². The van der Waals surface area contributed by atoms with Gasteiger partial charge in [-0.2, -0.15) is 0 Å². The number of hydrogen-bond acceptors (Lipinski definition) is 9. The molecule has 0 spiro atoms. The third-order valence-electron chi connectivity index (χ3n) is 10.6. The van der Waals surface area contributed by atoms with Crippen LogP contribution < -0.4 is 0 Å². The maximum absolute atomic E-state index is 13.4. The van der Waals surface area contributed by atoms with E-state index in [1.54, 1.807) is 6.08 Å². The van der Waals surface area contributed by atoms with Crippen molar-refractivity contribution >= 4 is 22.8 Å². The standard InChI is InChI=1S/C42H45NO9/c1-2-10-33-32(47-26-38(44)43-31(25-49-42(43)45)22-27-11-4-3-5-12-27)18-19-34-36(50-33)23-37-40(52-34)41(39-35(51-37)15-8-9-20-46-39)48-24-28-16-17-29-13-6-7-14-30(29)21-28/h2-9,11-14,16-19,21,31-37,39-41H,1,10,15,20,22-26H2/t31-,32-,33+,34+,35-,36-,37+,39-,40+,41+/m0/s1. The van der Waals surface area contributed by atoms with Gasteiger partial charge < -0.3 is 33.2 Å². The summed E-state index contributed by atoms with van der Waals surface area (Å²) in [6, 6.07) is 24.0. The molecule has 5 aliphatic rings. The van der Waals surface area contributed by atoms with Crippen molar-refractivity contribution in [1.29, 1.82) is 0 Å². The largest absolute Gasteiger partial charge is 0.447 e. The minimum atomic E-state index is -0.653. The molecule has 0 radical (unpaired) electrons. The molecule has 3 aromatic carbocycles. The fraction of sp³-hybridized carbons (Fsp3) is 0.429.